The molecule has 2 rings (SSSR count). The lowest BCUT2D eigenvalue weighted by Gasteiger charge is -2.13. The molecule has 0 aliphatic heterocycles. The van der Waals surface area contributed by atoms with E-state index in [0.29, 0.717) is 12.6 Å². The zero-order valence-electron chi connectivity index (χ0n) is 11.4. The highest BCUT2D eigenvalue weighted by Crippen LogP contribution is 2.27. The number of rotatable bonds is 5. The summed E-state index contributed by atoms with van der Waals surface area (Å²) in [6.45, 7) is 5.78. The number of nitrogens with zero attached hydrogens (tertiary/aromatic N) is 3. The molecule has 2 heterocycles. The average Bonchev–Trinajstić information content (AvgIpc) is 2.76. The van der Waals surface area contributed by atoms with Gasteiger partial charge in [-0.25, -0.2) is 0 Å². The van der Waals surface area contributed by atoms with Crippen molar-refractivity contribution in [2.24, 2.45) is 4.99 Å². The topological polar surface area (TPSA) is 39.4 Å². The maximum Gasteiger partial charge on any atom is 0.299 e. The lowest BCUT2D eigenvalue weighted by molar-refractivity contribution is 0.272. The Kier molecular flexibility index (Phi) is 4.99. The van der Waals surface area contributed by atoms with Gasteiger partial charge in [0.15, 0.2) is 0 Å². The van der Waals surface area contributed by atoms with E-state index in [2.05, 4.69) is 50.4 Å². The third-order valence-corrected chi connectivity index (χ3v) is 4.23. The van der Waals surface area contributed by atoms with Crippen molar-refractivity contribution in [1.82, 2.24) is 9.55 Å². The standard InChI is InChI=1S/C13H18BrN3OS/c1-4-6-17-11(15-3)9-8-10(14)19-12(9)16-13(17)18-7-5-2/h8H,4-7H2,1-3H3. The largest absolute Gasteiger partial charge is 0.465 e. The zero-order chi connectivity index (χ0) is 13.8. The monoisotopic (exact) mass is 343 g/mol. The Balaban J connectivity index is 2.67. The van der Waals surface area contributed by atoms with E-state index in [1.807, 2.05) is 7.05 Å². The fourth-order valence-corrected chi connectivity index (χ4v) is 3.38. The summed E-state index contributed by atoms with van der Waals surface area (Å²) in [5.74, 6) is 0. The minimum absolute atomic E-state index is 0.672. The first-order valence-electron chi connectivity index (χ1n) is 6.46. The van der Waals surface area contributed by atoms with Crippen LogP contribution in [0, 0.1) is 0 Å². The van der Waals surface area contributed by atoms with Gasteiger partial charge in [-0.15, -0.1) is 11.3 Å². The van der Waals surface area contributed by atoms with E-state index in [4.69, 9.17) is 4.74 Å². The van der Waals surface area contributed by atoms with Gasteiger partial charge in [-0.1, -0.05) is 13.8 Å². The number of fused-ring (bicyclic) bond motifs is 1. The molecule has 0 saturated carbocycles. The molecule has 2 aromatic rings. The molecular formula is C13H18BrN3OS. The van der Waals surface area contributed by atoms with Crippen LogP contribution in [-0.4, -0.2) is 23.2 Å². The molecule has 0 fully saturated rings. The van der Waals surface area contributed by atoms with E-state index in [0.717, 1.165) is 38.9 Å². The number of thiophene rings is 1. The summed E-state index contributed by atoms with van der Waals surface area (Å²) in [5.41, 5.74) is 0.944. The van der Waals surface area contributed by atoms with Crippen LogP contribution in [0.2, 0.25) is 0 Å². The Morgan fingerprint density at radius 1 is 1.42 bits per heavy atom. The van der Waals surface area contributed by atoms with E-state index < -0.39 is 0 Å². The molecule has 2 aromatic heterocycles. The molecule has 19 heavy (non-hydrogen) atoms. The highest BCUT2D eigenvalue weighted by molar-refractivity contribution is 9.11. The Bertz CT molecular complexity index is 633. The molecule has 4 nitrogen and oxygen atoms in total. The van der Waals surface area contributed by atoms with Gasteiger partial charge < -0.3 is 4.74 Å². The molecule has 0 aliphatic rings. The minimum atomic E-state index is 0.672. The van der Waals surface area contributed by atoms with Gasteiger partial charge in [-0.3, -0.25) is 9.56 Å². The quantitative estimate of drug-likeness (QED) is 0.832. The van der Waals surface area contributed by atoms with Crippen molar-refractivity contribution in [3.8, 4) is 6.01 Å². The number of hydrogen-bond donors (Lipinski definition) is 0. The average molecular weight is 344 g/mol. The maximum absolute atomic E-state index is 5.78. The third-order valence-electron chi connectivity index (χ3n) is 2.70. The van der Waals surface area contributed by atoms with Gasteiger partial charge >= 0.3 is 0 Å². The first-order chi connectivity index (χ1) is 9.21. The fourth-order valence-electron chi connectivity index (χ4n) is 1.95. The first kappa shape index (κ1) is 14.5. The van der Waals surface area contributed by atoms with E-state index in [9.17, 15) is 0 Å². The van der Waals surface area contributed by atoms with Crippen LogP contribution in [0.5, 0.6) is 6.01 Å². The van der Waals surface area contributed by atoms with E-state index in [1.54, 1.807) is 11.3 Å². The Labute approximate surface area is 125 Å². The van der Waals surface area contributed by atoms with Crippen molar-refractivity contribution in [1.29, 1.82) is 0 Å². The molecule has 0 bridgehead atoms. The third kappa shape index (κ3) is 3.00. The summed E-state index contributed by atoms with van der Waals surface area (Å²) < 4.78 is 8.91. The van der Waals surface area contributed by atoms with Crippen LogP contribution in [0.25, 0.3) is 10.2 Å². The van der Waals surface area contributed by atoms with Crippen LogP contribution in [0.1, 0.15) is 26.7 Å². The fraction of sp³-hybridized carbons (Fsp3) is 0.538. The molecule has 0 saturated heterocycles. The smallest absolute Gasteiger partial charge is 0.299 e. The number of hydrogen-bond acceptors (Lipinski definition) is 4. The molecule has 0 unspecified atom stereocenters. The van der Waals surface area contributed by atoms with Gasteiger partial charge in [0.25, 0.3) is 6.01 Å². The molecule has 0 aromatic carbocycles. The number of aromatic nitrogens is 2. The van der Waals surface area contributed by atoms with Crippen LogP contribution in [0.3, 0.4) is 0 Å². The van der Waals surface area contributed by atoms with Crippen LogP contribution in [0.4, 0.5) is 0 Å². The molecule has 0 atom stereocenters. The normalized spacial score (nSPS) is 12.3. The zero-order valence-corrected chi connectivity index (χ0v) is 13.8. The Hall–Kier alpha value is -0.880. The van der Waals surface area contributed by atoms with Crippen molar-refractivity contribution < 1.29 is 4.74 Å². The summed E-state index contributed by atoms with van der Waals surface area (Å²) in [6.07, 6.45) is 1.99. The second-order valence-electron chi connectivity index (χ2n) is 4.21. The summed E-state index contributed by atoms with van der Waals surface area (Å²) in [7, 11) is 1.82. The maximum atomic E-state index is 5.78. The molecule has 0 N–H and O–H groups in total. The number of halogens is 1. The van der Waals surface area contributed by atoms with Gasteiger partial charge in [0.1, 0.15) is 10.3 Å². The van der Waals surface area contributed by atoms with Crippen molar-refractivity contribution in [2.75, 3.05) is 13.7 Å². The lowest BCUT2D eigenvalue weighted by atomic mass is 10.4. The first-order valence-corrected chi connectivity index (χ1v) is 8.07. The summed E-state index contributed by atoms with van der Waals surface area (Å²) in [6, 6.07) is 2.75. The van der Waals surface area contributed by atoms with Crippen LogP contribution in [0.15, 0.2) is 14.8 Å². The van der Waals surface area contributed by atoms with E-state index in [-0.39, 0.29) is 0 Å². The van der Waals surface area contributed by atoms with Gasteiger partial charge in [0, 0.05) is 13.6 Å². The van der Waals surface area contributed by atoms with Gasteiger partial charge in [0.2, 0.25) is 0 Å². The highest BCUT2D eigenvalue weighted by Gasteiger charge is 2.12. The second kappa shape index (κ2) is 6.52. The van der Waals surface area contributed by atoms with Crippen LogP contribution < -0.4 is 10.2 Å². The lowest BCUT2D eigenvalue weighted by Crippen LogP contribution is -2.24. The molecule has 0 amide bonds. The second-order valence-corrected chi connectivity index (χ2v) is 6.62. The van der Waals surface area contributed by atoms with Crippen LogP contribution in [-0.2, 0) is 6.54 Å². The van der Waals surface area contributed by atoms with Crippen molar-refractivity contribution in [3.05, 3.63) is 15.3 Å². The Morgan fingerprint density at radius 3 is 2.84 bits per heavy atom. The SMILES string of the molecule is CCCOc1nc2sc(Br)cc2c(=NC)n1CCC. The molecule has 0 radical (unpaired) electrons. The highest BCUT2D eigenvalue weighted by atomic mass is 79.9. The summed E-state index contributed by atoms with van der Waals surface area (Å²) in [5, 5.41) is 1.08. The van der Waals surface area contributed by atoms with Crippen molar-refractivity contribution in [2.45, 2.75) is 33.2 Å². The molecular weight excluding hydrogens is 326 g/mol. The van der Waals surface area contributed by atoms with E-state index in [1.165, 1.54) is 0 Å². The molecule has 0 aliphatic carbocycles. The van der Waals surface area contributed by atoms with Gasteiger partial charge in [-0.2, -0.15) is 4.98 Å². The van der Waals surface area contributed by atoms with Crippen molar-refractivity contribution >= 4 is 37.5 Å². The number of ether oxygens (including phenoxy) is 1. The van der Waals surface area contributed by atoms with E-state index >= 15 is 0 Å². The van der Waals surface area contributed by atoms with Crippen molar-refractivity contribution in [3.63, 3.8) is 0 Å². The molecule has 6 heteroatoms. The predicted molar refractivity (Wildman–Crippen MR) is 82.9 cm³/mol. The summed E-state index contributed by atoms with van der Waals surface area (Å²) in [4.78, 5) is 10.0. The van der Waals surface area contributed by atoms with Gasteiger partial charge in [-0.05, 0) is 34.8 Å². The predicted octanol–water partition coefficient (Wildman–Crippen LogP) is 3.59. The summed E-state index contributed by atoms with van der Waals surface area (Å²) >= 11 is 5.12. The molecule has 0 spiro atoms. The minimum Gasteiger partial charge on any atom is -0.465 e. The molecule has 104 valence electrons. The van der Waals surface area contributed by atoms with Gasteiger partial charge in [0.05, 0.1) is 15.8 Å². The Morgan fingerprint density at radius 2 is 2.21 bits per heavy atom. The van der Waals surface area contributed by atoms with Crippen LogP contribution >= 0.6 is 27.3 Å².